The number of benzene rings is 1. The maximum atomic E-state index is 12.3. The number of rotatable bonds is 3. The highest BCUT2D eigenvalue weighted by Gasteiger charge is 2.32. The third kappa shape index (κ3) is 5.45. The Morgan fingerprint density at radius 2 is 1.89 bits per heavy atom. The number of nitrogen functional groups attached to an aromatic ring is 1. The average molecular weight is 478 g/mol. The van der Waals surface area contributed by atoms with Crippen LogP contribution in [0, 0.1) is 11.3 Å². The predicted octanol–water partition coefficient (Wildman–Crippen LogP) is 2.97. The second kappa shape index (κ2) is 9.40. The summed E-state index contributed by atoms with van der Waals surface area (Å²) >= 11 is 0. The van der Waals surface area contributed by atoms with E-state index in [-0.39, 0.29) is 29.6 Å². The van der Waals surface area contributed by atoms with Crippen molar-refractivity contribution in [3.63, 3.8) is 0 Å². The lowest BCUT2D eigenvalue weighted by Crippen LogP contribution is -2.51. The van der Waals surface area contributed by atoms with Gasteiger partial charge < -0.3 is 24.7 Å². The Kier molecular flexibility index (Phi) is 6.51. The molecule has 35 heavy (non-hydrogen) atoms. The molecule has 9 heteroatoms. The van der Waals surface area contributed by atoms with Crippen molar-refractivity contribution in [2.45, 2.75) is 39.2 Å². The summed E-state index contributed by atoms with van der Waals surface area (Å²) in [6, 6.07) is 10.0. The molecule has 0 radical (unpaired) electrons. The van der Waals surface area contributed by atoms with Crippen LogP contribution in [-0.4, -0.2) is 51.0 Å². The highest BCUT2D eigenvalue weighted by atomic mass is 16.6. The van der Waals surface area contributed by atoms with E-state index in [1.807, 2.05) is 40.1 Å². The Morgan fingerprint density at radius 3 is 2.57 bits per heavy atom. The monoisotopic (exact) mass is 477 g/mol. The number of nitrogens with zero attached hydrogens (tertiary/aromatic N) is 3. The molecule has 1 aliphatic heterocycles. The Bertz CT molecular complexity index is 1280. The summed E-state index contributed by atoms with van der Waals surface area (Å²) in [5.41, 5.74) is 8.85. The molecule has 1 fully saturated rings. The summed E-state index contributed by atoms with van der Waals surface area (Å²) in [6.07, 6.45) is 4.64. The van der Waals surface area contributed by atoms with Crippen LogP contribution >= 0.6 is 0 Å². The standard InChI is InChI=1S/C26H32N6O3/c1-26(2,3)35-25(33)32-11-8-16(9-12-32)23(28)34-24(29)20-14-19(15-30-22(20)27)17-5-6-21-18(13-17)7-10-31(21)4/h5-7,10,13-16,28-29H,8-9,11-12H2,1-4H3,(H2,27,30)/p+1. The van der Waals surface area contributed by atoms with Gasteiger partial charge in [-0.25, -0.2) is 15.2 Å². The van der Waals surface area contributed by atoms with Gasteiger partial charge in [0.2, 0.25) is 5.90 Å². The van der Waals surface area contributed by atoms with Gasteiger partial charge in [-0.05, 0) is 63.4 Å². The maximum absolute atomic E-state index is 12.3. The van der Waals surface area contributed by atoms with Crippen molar-refractivity contribution in [2.75, 3.05) is 18.8 Å². The highest BCUT2D eigenvalue weighted by Crippen LogP contribution is 2.27. The van der Waals surface area contributed by atoms with Gasteiger partial charge in [0, 0.05) is 49.0 Å². The van der Waals surface area contributed by atoms with E-state index in [0.29, 0.717) is 31.5 Å². The van der Waals surface area contributed by atoms with Gasteiger partial charge in [0.1, 0.15) is 11.4 Å². The molecule has 0 saturated carbocycles. The summed E-state index contributed by atoms with van der Waals surface area (Å²) in [5, 5.41) is 15.8. The number of aromatic nitrogens is 2. The number of amides is 1. The number of hydrogen-bond donors (Lipinski definition) is 3. The van der Waals surface area contributed by atoms with Crippen LogP contribution in [0.15, 0.2) is 42.7 Å². The molecule has 4 rings (SSSR count). The number of ether oxygens (including phenoxy) is 2. The quantitative estimate of drug-likeness (QED) is 0.394. The molecule has 9 nitrogen and oxygen atoms in total. The minimum atomic E-state index is -0.535. The smallest absolute Gasteiger partial charge is 0.410 e. The van der Waals surface area contributed by atoms with Crippen LogP contribution in [0.25, 0.3) is 22.0 Å². The van der Waals surface area contributed by atoms with Crippen LogP contribution in [0.4, 0.5) is 10.6 Å². The van der Waals surface area contributed by atoms with Gasteiger partial charge in [0.15, 0.2) is 0 Å². The van der Waals surface area contributed by atoms with Crippen LogP contribution in [-0.2, 0) is 16.5 Å². The molecule has 5 N–H and O–H groups in total. The molecular weight excluding hydrogens is 444 g/mol. The molecule has 3 aromatic rings. The summed E-state index contributed by atoms with van der Waals surface area (Å²) in [7, 11) is 2.01. The van der Waals surface area contributed by atoms with Gasteiger partial charge in [0.25, 0.3) is 0 Å². The molecule has 1 amide bonds. The van der Waals surface area contributed by atoms with Gasteiger partial charge in [-0.1, -0.05) is 6.07 Å². The Morgan fingerprint density at radius 1 is 1.17 bits per heavy atom. The molecule has 1 saturated heterocycles. The summed E-state index contributed by atoms with van der Waals surface area (Å²) in [5.74, 6) is 0.220. The normalized spacial score (nSPS) is 14.7. The first-order valence-electron chi connectivity index (χ1n) is 11.7. The Labute approximate surface area is 204 Å². The van der Waals surface area contributed by atoms with E-state index in [1.54, 1.807) is 17.2 Å². The number of anilines is 1. The van der Waals surface area contributed by atoms with E-state index < -0.39 is 5.60 Å². The fourth-order valence-electron chi connectivity index (χ4n) is 4.21. The number of piperidine rings is 1. The summed E-state index contributed by atoms with van der Waals surface area (Å²) in [6.45, 7) is 6.56. The van der Waals surface area contributed by atoms with Crippen LogP contribution in [0.5, 0.6) is 0 Å². The van der Waals surface area contributed by atoms with Crippen molar-refractivity contribution < 1.29 is 19.7 Å². The second-order valence-corrected chi connectivity index (χ2v) is 9.93. The van der Waals surface area contributed by atoms with Crippen LogP contribution in [0.2, 0.25) is 0 Å². The summed E-state index contributed by atoms with van der Waals surface area (Å²) in [4.78, 5) is 18.3. The van der Waals surface area contributed by atoms with Crippen molar-refractivity contribution in [3.05, 3.63) is 48.3 Å². The van der Waals surface area contributed by atoms with Gasteiger partial charge in [0.05, 0.1) is 11.5 Å². The van der Waals surface area contributed by atoms with Crippen LogP contribution < -0.4 is 11.1 Å². The van der Waals surface area contributed by atoms with Gasteiger partial charge in [-0.3, -0.25) is 5.41 Å². The molecule has 0 unspecified atom stereocenters. The predicted molar refractivity (Wildman–Crippen MR) is 136 cm³/mol. The highest BCUT2D eigenvalue weighted by molar-refractivity contribution is 6.03. The number of fused-ring (bicyclic) bond motifs is 1. The Balaban J connectivity index is 1.41. The minimum absolute atomic E-state index is 0.0770. The van der Waals surface area contributed by atoms with E-state index >= 15 is 0 Å². The number of nitrogens with one attached hydrogen (secondary N) is 1. The van der Waals surface area contributed by atoms with Crippen molar-refractivity contribution >= 4 is 34.6 Å². The topological polar surface area (TPSA) is 132 Å². The average Bonchev–Trinajstić information content (AvgIpc) is 3.18. The number of carbonyl (C=O) groups is 1. The zero-order chi connectivity index (χ0) is 25.3. The van der Waals surface area contributed by atoms with E-state index in [9.17, 15) is 4.79 Å². The first-order valence-corrected chi connectivity index (χ1v) is 11.7. The van der Waals surface area contributed by atoms with E-state index in [2.05, 4.69) is 27.8 Å². The number of aryl methyl sites for hydroxylation is 1. The lowest BCUT2D eigenvalue weighted by molar-refractivity contribution is -0.141. The van der Waals surface area contributed by atoms with Crippen molar-refractivity contribution in [1.29, 1.82) is 5.41 Å². The zero-order valence-electron chi connectivity index (χ0n) is 20.7. The first kappa shape index (κ1) is 24.3. The molecule has 184 valence electrons. The van der Waals surface area contributed by atoms with Gasteiger partial charge >= 0.3 is 12.0 Å². The van der Waals surface area contributed by atoms with Crippen LogP contribution in [0.1, 0.15) is 39.2 Å². The molecule has 1 aromatic carbocycles. The van der Waals surface area contributed by atoms with Crippen molar-refractivity contribution in [1.82, 2.24) is 14.5 Å². The molecule has 2 aromatic heterocycles. The zero-order valence-corrected chi connectivity index (χ0v) is 20.7. The molecule has 0 atom stereocenters. The fourth-order valence-corrected chi connectivity index (χ4v) is 4.21. The lowest BCUT2D eigenvalue weighted by Gasteiger charge is -2.32. The lowest BCUT2D eigenvalue weighted by atomic mass is 9.97. The van der Waals surface area contributed by atoms with Crippen molar-refractivity contribution in [3.8, 4) is 11.1 Å². The fraction of sp³-hybridized carbons (Fsp3) is 0.385. The number of pyridine rings is 1. The van der Waals surface area contributed by atoms with Crippen LogP contribution in [0.3, 0.4) is 0 Å². The Hall–Kier alpha value is -3.88. The molecule has 3 heterocycles. The minimum Gasteiger partial charge on any atom is -0.444 e. The SMILES string of the molecule is Cn1ccc2cc(-c3cnc(N)c(C(=N)OC(=[NH2+])C4CCN(C(=O)OC(C)(C)C)CC4)c3)ccc21. The number of carbonyl (C=O) groups excluding carboxylic acids is 1. The molecule has 1 aliphatic rings. The molecule has 0 spiro atoms. The summed E-state index contributed by atoms with van der Waals surface area (Å²) < 4.78 is 13.2. The molecular formula is C26H33N6O3+. The van der Waals surface area contributed by atoms with E-state index in [4.69, 9.17) is 26.0 Å². The molecule has 0 bridgehead atoms. The second-order valence-electron chi connectivity index (χ2n) is 9.93. The largest absolute Gasteiger partial charge is 0.444 e. The first-order chi connectivity index (χ1) is 16.5. The number of nitrogens with two attached hydrogens (primary N) is 2. The van der Waals surface area contributed by atoms with Gasteiger partial charge in [-0.15, -0.1) is 0 Å². The van der Waals surface area contributed by atoms with Gasteiger partial charge in [-0.2, -0.15) is 0 Å². The number of hydrogen-bond acceptors (Lipinski definition) is 6. The maximum Gasteiger partial charge on any atom is 0.410 e. The molecule has 0 aliphatic carbocycles. The van der Waals surface area contributed by atoms with Crippen molar-refractivity contribution in [2.24, 2.45) is 13.0 Å². The number of likely N-dealkylation sites (tertiary alicyclic amines) is 1. The van der Waals surface area contributed by atoms with E-state index in [0.717, 1.165) is 22.0 Å². The third-order valence-electron chi connectivity index (χ3n) is 6.15. The third-order valence-corrected chi connectivity index (χ3v) is 6.15. The van der Waals surface area contributed by atoms with E-state index in [1.165, 1.54) is 0 Å².